The molecular formula is C16H19ClN2O. The van der Waals surface area contributed by atoms with Crippen LogP contribution in [0.4, 0.5) is 0 Å². The standard InChI is InChI=1S/C16H19ClN2O/c1-3-13-9-12(11-18-4-2)10-16(19-13)20-15-8-6-5-7-14(15)17/h5-10,18H,3-4,11H2,1-2H3. The van der Waals surface area contributed by atoms with Crippen LogP contribution in [0.2, 0.25) is 5.02 Å². The van der Waals surface area contributed by atoms with Crippen LogP contribution in [0, 0.1) is 0 Å². The molecule has 0 aliphatic rings. The summed E-state index contributed by atoms with van der Waals surface area (Å²) in [7, 11) is 0. The summed E-state index contributed by atoms with van der Waals surface area (Å²) < 4.78 is 5.80. The second kappa shape index (κ2) is 7.27. The Bertz CT molecular complexity index is 572. The van der Waals surface area contributed by atoms with Crippen LogP contribution >= 0.6 is 11.6 Å². The zero-order chi connectivity index (χ0) is 14.4. The molecule has 20 heavy (non-hydrogen) atoms. The highest BCUT2D eigenvalue weighted by Gasteiger charge is 2.06. The third-order valence-corrected chi connectivity index (χ3v) is 3.22. The third-order valence-electron chi connectivity index (χ3n) is 2.91. The minimum atomic E-state index is 0.587. The van der Waals surface area contributed by atoms with Crippen molar-refractivity contribution < 1.29 is 4.74 Å². The van der Waals surface area contributed by atoms with Crippen molar-refractivity contribution in [1.29, 1.82) is 0 Å². The highest BCUT2D eigenvalue weighted by Crippen LogP contribution is 2.28. The molecule has 2 rings (SSSR count). The van der Waals surface area contributed by atoms with Gasteiger partial charge in [0.2, 0.25) is 5.88 Å². The van der Waals surface area contributed by atoms with Gasteiger partial charge in [-0.1, -0.05) is 37.6 Å². The minimum Gasteiger partial charge on any atom is -0.437 e. The maximum absolute atomic E-state index is 6.11. The number of aromatic nitrogens is 1. The number of benzene rings is 1. The van der Waals surface area contributed by atoms with Crippen LogP contribution in [-0.4, -0.2) is 11.5 Å². The molecule has 0 amide bonds. The van der Waals surface area contributed by atoms with Crippen molar-refractivity contribution in [2.45, 2.75) is 26.8 Å². The number of hydrogen-bond donors (Lipinski definition) is 1. The van der Waals surface area contributed by atoms with E-state index in [0.29, 0.717) is 16.7 Å². The summed E-state index contributed by atoms with van der Waals surface area (Å²) in [5.74, 6) is 1.22. The van der Waals surface area contributed by atoms with Crippen LogP contribution in [0.3, 0.4) is 0 Å². The Labute approximate surface area is 124 Å². The fraction of sp³-hybridized carbons (Fsp3) is 0.312. The summed E-state index contributed by atoms with van der Waals surface area (Å²) in [6, 6.07) is 11.5. The van der Waals surface area contributed by atoms with E-state index in [0.717, 1.165) is 25.2 Å². The maximum Gasteiger partial charge on any atom is 0.219 e. The molecule has 0 atom stereocenters. The predicted molar refractivity (Wildman–Crippen MR) is 82.5 cm³/mol. The van der Waals surface area contributed by atoms with Crippen molar-refractivity contribution in [3.63, 3.8) is 0 Å². The van der Waals surface area contributed by atoms with Crippen molar-refractivity contribution in [3.8, 4) is 11.6 Å². The molecule has 0 saturated carbocycles. The van der Waals surface area contributed by atoms with Gasteiger partial charge in [-0.3, -0.25) is 0 Å². The molecule has 1 aromatic carbocycles. The number of halogens is 1. The Morgan fingerprint density at radius 1 is 1.20 bits per heavy atom. The lowest BCUT2D eigenvalue weighted by molar-refractivity contribution is 0.460. The van der Waals surface area contributed by atoms with Gasteiger partial charge in [0.1, 0.15) is 5.75 Å². The Morgan fingerprint density at radius 2 is 2.00 bits per heavy atom. The number of para-hydroxylation sites is 1. The van der Waals surface area contributed by atoms with Crippen molar-refractivity contribution in [2.75, 3.05) is 6.54 Å². The molecule has 0 spiro atoms. The molecule has 3 nitrogen and oxygen atoms in total. The molecule has 1 aromatic heterocycles. The number of nitrogens with one attached hydrogen (secondary N) is 1. The molecule has 0 aliphatic heterocycles. The van der Waals surface area contributed by atoms with Gasteiger partial charge >= 0.3 is 0 Å². The number of hydrogen-bond acceptors (Lipinski definition) is 3. The van der Waals surface area contributed by atoms with E-state index in [1.54, 1.807) is 6.07 Å². The van der Waals surface area contributed by atoms with E-state index in [1.165, 1.54) is 5.56 Å². The summed E-state index contributed by atoms with van der Waals surface area (Å²) in [5.41, 5.74) is 2.18. The van der Waals surface area contributed by atoms with Crippen molar-refractivity contribution in [1.82, 2.24) is 10.3 Å². The van der Waals surface area contributed by atoms with E-state index in [4.69, 9.17) is 16.3 Å². The number of ether oxygens (including phenoxy) is 1. The lowest BCUT2D eigenvalue weighted by Gasteiger charge is -2.10. The lowest BCUT2D eigenvalue weighted by Crippen LogP contribution is -2.12. The van der Waals surface area contributed by atoms with E-state index in [9.17, 15) is 0 Å². The van der Waals surface area contributed by atoms with Gasteiger partial charge in [-0.25, -0.2) is 4.98 Å². The molecule has 0 aliphatic carbocycles. The van der Waals surface area contributed by atoms with Crippen LogP contribution < -0.4 is 10.1 Å². The van der Waals surface area contributed by atoms with Crippen molar-refractivity contribution in [3.05, 3.63) is 52.7 Å². The molecule has 4 heteroatoms. The minimum absolute atomic E-state index is 0.587. The molecule has 2 aromatic rings. The average Bonchev–Trinajstić information content (AvgIpc) is 2.47. The number of rotatable bonds is 6. The smallest absolute Gasteiger partial charge is 0.219 e. The summed E-state index contributed by atoms with van der Waals surface area (Å²) in [5, 5.41) is 3.90. The van der Waals surface area contributed by atoms with Crippen LogP contribution in [0.25, 0.3) is 0 Å². The van der Waals surface area contributed by atoms with Gasteiger partial charge in [0, 0.05) is 18.3 Å². The number of nitrogens with zero attached hydrogens (tertiary/aromatic N) is 1. The average molecular weight is 291 g/mol. The normalized spacial score (nSPS) is 10.6. The van der Waals surface area contributed by atoms with Gasteiger partial charge < -0.3 is 10.1 Å². The van der Waals surface area contributed by atoms with Gasteiger partial charge in [0.25, 0.3) is 0 Å². The van der Waals surface area contributed by atoms with Crippen LogP contribution in [0.5, 0.6) is 11.6 Å². The van der Waals surface area contributed by atoms with Gasteiger partial charge in [-0.15, -0.1) is 0 Å². The molecule has 0 bridgehead atoms. The molecule has 0 saturated heterocycles. The molecular weight excluding hydrogens is 272 g/mol. The predicted octanol–water partition coefficient (Wildman–Crippen LogP) is 4.20. The Balaban J connectivity index is 2.24. The first kappa shape index (κ1) is 14.8. The number of pyridine rings is 1. The fourth-order valence-electron chi connectivity index (χ4n) is 1.87. The van der Waals surface area contributed by atoms with Crippen molar-refractivity contribution in [2.24, 2.45) is 0 Å². The molecule has 0 fully saturated rings. The second-order valence-electron chi connectivity index (χ2n) is 4.47. The van der Waals surface area contributed by atoms with E-state index in [-0.39, 0.29) is 0 Å². The van der Waals surface area contributed by atoms with Crippen LogP contribution in [0.1, 0.15) is 25.1 Å². The third kappa shape index (κ3) is 3.95. The van der Waals surface area contributed by atoms with Gasteiger partial charge in [0.05, 0.1) is 5.02 Å². The molecule has 0 radical (unpaired) electrons. The van der Waals surface area contributed by atoms with Gasteiger partial charge in [-0.05, 0) is 36.7 Å². The van der Waals surface area contributed by atoms with Crippen molar-refractivity contribution >= 4 is 11.6 Å². The first-order chi connectivity index (χ1) is 9.72. The maximum atomic E-state index is 6.11. The van der Waals surface area contributed by atoms with E-state index in [2.05, 4.69) is 30.2 Å². The zero-order valence-electron chi connectivity index (χ0n) is 11.8. The Morgan fingerprint density at radius 3 is 2.70 bits per heavy atom. The summed E-state index contributed by atoms with van der Waals surface area (Å²) >= 11 is 6.11. The monoisotopic (exact) mass is 290 g/mol. The van der Waals surface area contributed by atoms with Gasteiger partial charge in [-0.2, -0.15) is 0 Å². The molecule has 0 unspecified atom stereocenters. The Kier molecular flexibility index (Phi) is 5.39. The molecule has 1 N–H and O–H groups in total. The summed E-state index contributed by atoms with van der Waals surface area (Å²) in [6.07, 6.45) is 0.874. The summed E-state index contributed by atoms with van der Waals surface area (Å²) in [4.78, 5) is 4.49. The highest BCUT2D eigenvalue weighted by molar-refractivity contribution is 6.32. The first-order valence-electron chi connectivity index (χ1n) is 6.85. The molecule has 106 valence electrons. The largest absolute Gasteiger partial charge is 0.437 e. The highest BCUT2D eigenvalue weighted by atomic mass is 35.5. The lowest BCUT2D eigenvalue weighted by atomic mass is 10.2. The van der Waals surface area contributed by atoms with E-state index >= 15 is 0 Å². The second-order valence-corrected chi connectivity index (χ2v) is 4.88. The van der Waals surface area contributed by atoms with Crippen LogP contribution in [-0.2, 0) is 13.0 Å². The molecule has 1 heterocycles. The fourth-order valence-corrected chi connectivity index (χ4v) is 2.04. The first-order valence-corrected chi connectivity index (χ1v) is 7.23. The SMILES string of the molecule is CCNCc1cc(CC)nc(Oc2ccccc2Cl)c1. The quantitative estimate of drug-likeness (QED) is 0.866. The van der Waals surface area contributed by atoms with E-state index in [1.807, 2.05) is 24.3 Å². The van der Waals surface area contributed by atoms with E-state index < -0.39 is 0 Å². The van der Waals surface area contributed by atoms with Gasteiger partial charge in [0.15, 0.2) is 0 Å². The topological polar surface area (TPSA) is 34.2 Å². The number of aryl methyl sites for hydroxylation is 1. The van der Waals surface area contributed by atoms with Crippen LogP contribution in [0.15, 0.2) is 36.4 Å². The Hall–Kier alpha value is -1.58. The summed E-state index contributed by atoms with van der Waals surface area (Å²) in [6.45, 7) is 5.91. The zero-order valence-corrected chi connectivity index (χ0v) is 12.6.